The minimum Gasteiger partial charge on any atom is -0.451 e. The van der Waals surface area contributed by atoms with Crippen LogP contribution in [0.25, 0.3) is 10.6 Å². The Morgan fingerprint density at radius 2 is 1.93 bits per heavy atom. The second-order valence-corrected chi connectivity index (χ2v) is 6.73. The highest BCUT2D eigenvalue weighted by atomic mass is 32.1. The Morgan fingerprint density at radius 1 is 1.18 bits per heavy atom. The molecule has 2 aromatic carbocycles. The van der Waals surface area contributed by atoms with E-state index in [1.807, 2.05) is 30.3 Å². The molecule has 0 atom stereocenters. The molecular weight excluding hydrogens is 374 g/mol. The van der Waals surface area contributed by atoms with Gasteiger partial charge in [-0.25, -0.2) is 9.78 Å². The molecule has 1 N–H and O–H groups in total. The third kappa shape index (κ3) is 4.61. The predicted octanol–water partition coefficient (Wildman–Crippen LogP) is 4.04. The van der Waals surface area contributed by atoms with Crippen LogP contribution in [0.4, 0.5) is 5.69 Å². The number of nitriles is 1. The minimum atomic E-state index is -0.670. The Hall–Kier alpha value is -3.50. The van der Waals surface area contributed by atoms with Crippen LogP contribution in [0.2, 0.25) is 0 Å². The van der Waals surface area contributed by atoms with Crippen LogP contribution >= 0.6 is 11.3 Å². The molecule has 0 radical (unpaired) electrons. The number of nitrogens with one attached hydrogen (secondary N) is 1. The van der Waals surface area contributed by atoms with E-state index in [9.17, 15) is 9.59 Å². The van der Waals surface area contributed by atoms with Crippen LogP contribution in [-0.2, 0) is 16.0 Å². The fraction of sp³-hybridized carbons (Fsp3) is 0.143. The van der Waals surface area contributed by atoms with Gasteiger partial charge in [0.1, 0.15) is 11.1 Å². The number of hydrogen-bond donors (Lipinski definition) is 1. The van der Waals surface area contributed by atoms with Crippen LogP contribution in [-0.4, -0.2) is 23.5 Å². The molecule has 0 aliphatic heterocycles. The van der Waals surface area contributed by atoms with Crippen LogP contribution in [0.3, 0.4) is 0 Å². The molecule has 0 spiro atoms. The smallest absolute Gasteiger partial charge is 0.358 e. The molecule has 3 rings (SSSR count). The number of ether oxygens (including phenoxy) is 1. The summed E-state index contributed by atoms with van der Waals surface area (Å²) in [6.07, 6.45) is 0.955. The van der Waals surface area contributed by atoms with Gasteiger partial charge < -0.3 is 10.1 Å². The number of amides is 1. The molecule has 3 aromatic rings. The molecule has 140 valence electrons. The Balaban J connectivity index is 1.58. The Bertz CT molecular complexity index is 1040. The summed E-state index contributed by atoms with van der Waals surface area (Å²) in [6, 6.07) is 16.6. The molecular formula is C21H17N3O3S. The second-order valence-electron chi connectivity index (χ2n) is 5.87. The van der Waals surface area contributed by atoms with Crippen molar-refractivity contribution in [1.29, 1.82) is 5.26 Å². The third-order valence-electron chi connectivity index (χ3n) is 3.98. The van der Waals surface area contributed by atoms with Crippen molar-refractivity contribution in [2.75, 3.05) is 11.9 Å². The zero-order chi connectivity index (χ0) is 19.9. The highest BCUT2D eigenvalue weighted by Crippen LogP contribution is 2.24. The SMILES string of the molecule is CCc1ccc(-c2nc(C(=O)OCC(=O)Nc3ccccc3C#N)cs2)cc1. The molecule has 0 aliphatic carbocycles. The van der Waals surface area contributed by atoms with E-state index in [-0.39, 0.29) is 5.69 Å². The minimum absolute atomic E-state index is 0.157. The van der Waals surface area contributed by atoms with Crippen molar-refractivity contribution in [3.05, 3.63) is 70.7 Å². The number of anilines is 1. The van der Waals surface area contributed by atoms with Gasteiger partial charge in [-0.3, -0.25) is 4.79 Å². The average molecular weight is 391 g/mol. The fourth-order valence-corrected chi connectivity index (χ4v) is 3.26. The summed E-state index contributed by atoms with van der Waals surface area (Å²) in [4.78, 5) is 28.4. The van der Waals surface area contributed by atoms with Gasteiger partial charge >= 0.3 is 5.97 Å². The molecule has 0 saturated carbocycles. The number of nitrogens with zero attached hydrogens (tertiary/aromatic N) is 2. The first-order valence-corrected chi connectivity index (χ1v) is 9.49. The van der Waals surface area contributed by atoms with Crippen molar-refractivity contribution in [2.45, 2.75) is 13.3 Å². The first-order valence-electron chi connectivity index (χ1n) is 8.61. The molecule has 1 heterocycles. The average Bonchev–Trinajstić information content (AvgIpc) is 3.23. The number of carbonyl (C=O) groups is 2. The van der Waals surface area contributed by atoms with Gasteiger partial charge in [-0.2, -0.15) is 5.26 Å². The standard InChI is InChI=1S/C21H17N3O3S/c1-2-14-7-9-15(10-8-14)20-24-18(13-28-20)21(26)27-12-19(25)23-17-6-4-3-5-16(17)11-22/h3-10,13H,2,12H2,1H3,(H,23,25). The lowest BCUT2D eigenvalue weighted by atomic mass is 10.1. The van der Waals surface area contributed by atoms with E-state index in [1.165, 1.54) is 16.9 Å². The first kappa shape index (κ1) is 19.3. The summed E-state index contributed by atoms with van der Waals surface area (Å²) in [7, 11) is 0. The van der Waals surface area contributed by atoms with E-state index < -0.39 is 18.5 Å². The highest BCUT2D eigenvalue weighted by Gasteiger charge is 2.15. The fourth-order valence-electron chi connectivity index (χ4n) is 2.46. The van der Waals surface area contributed by atoms with E-state index in [0.717, 1.165) is 12.0 Å². The number of aryl methyl sites for hydroxylation is 1. The number of esters is 1. The lowest BCUT2D eigenvalue weighted by Gasteiger charge is -2.07. The number of aromatic nitrogens is 1. The largest absolute Gasteiger partial charge is 0.451 e. The van der Waals surface area contributed by atoms with Gasteiger partial charge in [-0.05, 0) is 24.1 Å². The second kappa shape index (κ2) is 8.93. The normalized spacial score (nSPS) is 10.1. The van der Waals surface area contributed by atoms with Crippen LogP contribution in [0.15, 0.2) is 53.9 Å². The predicted molar refractivity (Wildman–Crippen MR) is 107 cm³/mol. The summed E-state index contributed by atoms with van der Waals surface area (Å²) in [5, 5.41) is 13.9. The number of carbonyl (C=O) groups excluding carboxylic acids is 2. The molecule has 1 amide bonds. The molecule has 7 heteroatoms. The maximum Gasteiger partial charge on any atom is 0.358 e. The summed E-state index contributed by atoms with van der Waals surface area (Å²) in [6.45, 7) is 1.62. The van der Waals surface area contributed by atoms with Gasteiger partial charge in [0.2, 0.25) is 0 Å². The van der Waals surface area contributed by atoms with E-state index >= 15 is 0 Å². The molecule has 0 fully saturated rings. The first-order chi connectivity index (χ1) is 13.6. The van der Waals surface area contributed by atoms with Crippen LogP contribution in [0.5, 0.6) is 0 Å². The van der Waals surface area contributed by atoms with Gasteiger partial charge in [-0.15, -0.1) is 11.3 Å². The highest BCUT2D eigenvalue weighted by molar-refractivity contribution is 7.13. The van der Waals surface area contributed by atoms with E-state index in [1.54, 1.807) is 29.6 Å². The van der Waals surface area contributed by atoms with Crippen LogP contribution in [0, 0.1) is 11.3 Å². The van der Waals surface area contributed by atoms with Crippen molar-refractivity contribution < 1.29 is 14.3 Å². The third-order valence-corrected chi connectivity index (χ3v) is 4.87. The zero-order valence-electron chi connectivity index (χ0n) is 15.1. The van der Waals surface area contributed by atoms with Gasteiger partial charge in [-0.1, -0.05) is 43.3 Å². The Kier molecular flexibility index (Phi) is 6.14. The zero-order valence-corrected chi connectivity index (χ0v) is 16.0. The van der Waals surface area contributed by atoms with Gasteiger partial charge in [0.15, 0.2) is 12.3 Å². The summed E-state index contributed by atoms with van der Waals surface area (Å²) < 4.78 is 5.03. The maximum absolute atomic E-state index is 12.2. The Morgan fingerprint density at radius 3 is 2.64 bits per heavy atom. The molecule has 0 aliphatic rings. The number of para-hydroxylation sites is 1. The Labute approximate surface area is 166 Å². The van der Waals surface area contributed by atoms with Crippen molar-refractivity contribution >= 4 is 28.9 Å². The van der Waals surface area contributed by atoms with E-state index in [2.05, 4.69) is 17.2 Å². The van der Waals surface area contributed by atoms with Crippen molar-refractivity contribution in [3.8, 4) is 16.6 Å². The lowest BCUT2D eigenvalue weighted by Crippen LogP contribution is -2.21. The number of hydrogen-bond acceptors (Lipinski definition) is 6. The summed E-state index contributed by atoms with van der Waals surface area (Å²) in [5.41, 5.74) is 3.01. The van der Waals surface area contributed by atoms with Gasteiger partial charge in [0, 0.05) is 10.9 Å². The number of benzene rings is 2. The van der Waals surface area contributed by atoms with Gasteiger partial charge in [0.05, 0.1) is 11.3 Å². The van der Waals surface area contributed by atoms with Crippen LogP contribution < -0.4 is 5.32 Å². The quantitative estimate of drug-likeness (QED) is 0.640. The molecule has 0 unspecified atom stereocenters. The molecule has 28 heavy (non-hydrogen) atoms. The van der Waals surface area contributed by atoms with E-state index in [4.69, 9.17) is 10.00 Å². The molecule has 0 saturated heterocycles. The van der Waals surface area contributed by atoms with Crippen molar-refractivity contribution in [1.82, 2.24) is 4.98 Å². The molecule has 0 bridgehead atoms. The maximum atomic E-state index is 12.2. The van der Waals surface area contributed by atoms with E-state index in [0.29, 0.717) is 16.3 Å². The van der Waals surface area contributed by atoms with Crippen molar-refractivity contribution in [3.63, 3.8) is 0 Å². The number of rotatable bonds is 6. The van der Waals surface area contributed by atoms with Crippen molar-refractivity contribution in [2.24, 2.45) is 0 Å². The molecule has 6 nitrogen and oxygen atoms in total. The summed E-state index contributed by atoms with van der Waals surface area (Å²) >= 11 is 1.34. The monoisotopic (exact) mass is 391 g/mol. The number of thiazole rings is 1. The molecule has 1 aromatic heterocycles. The topological polar surface area (TPSA) is 92.1 Å². The van der Waals surface area contributed by atoms with Gasteiger partial charge in [0.25, 0.3) is 5.91 Å². The summed E-state index contributed by atoms with van der Waals surface area (Å²) in [5.74, 6) is -1.20. The van der Waals surface area contributed by atoms with Crippen LogP contribution in [0.1, 0.15) is 28.5 Å². The lowest BCUT2D eigenvalue weighted by molar-refractivity contribution is -0.119.